The summed E-state index contributed by atoms with van der Waals surface area (Å²) in [5.41, 5.74) is 6.47. The zero-order valence-electron chi connectivity index (χ0n) is 21.5. The lowest BCUT2D eigenvalue weighted by atomic mass is 10.1. The molecule has 0 aliphatic carbocycles. The van der Waals surface area contributed by atoms with E-state index in [-0.39, 0.29) is 5.56 Å². The molecule has 8 heteroatoms. The van der Waals surface area contributed by atoms with Gasteiger partial charge in [0, 0.05) is 6.54 Å². The first-order valence-corrected chi connectivity index (χ1v) is 12.5. The molecule has 0 aliphatic rings. The maximum Gasteiger partial charge on any atom is 0.265 e. The number of benzene rings is 3. The van der Waals surface area contributed by atoms with E-state index in [1.807, 2.05) is 78.2 Å². The van der Waals surface area contributed by atoms with Gasteiger partial charge in [-0.25, -0.2) is 15.0 Å². The van der Waals surface area contributed by atoms with Crippen molar-refractivity contribution in [3.63, 3.8) is 0 Å². The van der Waals surface area contributed by atoms with Gasteiger partial charge in [-0.2, -0.15) is 0 Å². The molecule has 0 N–H and O–H groups in total. The first kappa shape index (κ1) is 23.7. The van der Waals surface area contributed by atoms with Crippen LogP contribution in [0.25, 0.3) is 33.2 Å². The van der Waals surface area contributed by atoms with E-state index in [1.54, 1.807) is 25.1 Å². The Morgan fingerprint density at radius 2 is 1.53 bits per heavy atom. The van der Waals surface area contributed by atoms with E-state index in [4.69, 9.17) is 24.4 Å². The van der Waals surface area contributed by atoms with Crippen molar-refractivity contribution in [2.45, 2.75) is 26.4 Å². The maximum atomic E-state index is 13.8. The number of hydrogen-bond acceptors (Lipinski definition) is 6. The van der Waals surface area contributed by atoms with Gasteiger partial charge in [0.15, 0.2) is 22.8 Å². The normalized spacial score (nSPS) is 11.4. The van der Waals surface area contributed by atoms with Crippen molar-refractivity contribution in [2.75, 3.05) is 14.2 Å². The second kappa shape index (κ2) is 9.63. The highest BCUT2D eigenvalue weighted by Crippen LogP contribution is 2.29. The van der Waals surface area contributed by atoms with Crippen LogP contribution in [0.15, 0.2) is 77.9 Å². The molecule has 190 valence electrons. The Balaban J connectivity index is 1.48. The molecule has 0 amide bonds. The zero-order valence-corrected chi connectivity index (χ0v) is 21.5. The Morgan fingerprint density at radius 3 is 2.26 bits per heavy atom. The van der Waals surface area contributed by atoms with Gasteiger partial charge in [0.1, 0.15) is 17.2 Å². The highest BCUT2D eigenvalue weighted by atomic mass is 16.5. The molecular formula is C30H27N5O3. The maximum absolute atomic E-state index is 13.8. The van der Waals surface area contributed by atoms with Crippen molar-refractivity contribution >= 4 is 33.2 Å². The molecule has 0 saturated carbocycles. The molecule has 0 unspecified atom stereocenters. The molecule has 0 fully saturated rings. The topological polar surface area (TPSA) is 84.1 Å². The van der Waals surface area contributed by atoms with E-state index in [9.17, 15) is 4.79 Å². The van der Waals surface area contributed by atoms with Gasteiger partial charge in [0.25, 0.3) is 5.56 Å². The van der Waals surface area contributed by atoms with Gasteiger partial charge >= 0.3 is 0 Å². The van der Waals surface area contributed by atoms with Gasteiger partial charge < -0.3 is 14.0 Å². The van der Waals surface area contributed by atoms with Crippen LogP contribution >= 0.6 is 0 Å². The van der Waals surface area contributed by atoms with E-state index >= 15 is 0 Å². The largest absolute Gasteiger partial charge is 0.493 e. The van der Waals surface area contributed by atoms with Crippen LogP contribution in [0.3, 0.4) is 0 Å². The Kier molecular flexibility index (Phi) is 5.99. The fourth-order valence-corrected chi connectivity index (χ4v) is 4.83. The fourth-order valence-electron chi connectivity index (χ4n) is 4.83. The number of para-hydroxylation sites is 2. The summed E-state index contributed by atoms with van der Waals surface area (Å²) in [6.45, 7) is 3.04. The van der Waals surface area contributed by atoms with Crippen molar-refractivity contribution in [1.29, 1.82) is 0 Å². The third-order valence-corrected chi connectivity index (χ3v) is 6.86. The van der Waals surface area contributed by atoms with Crippen molar-refractivity contribution in [3.05, 3.63) is 100 Å². The second-order valence-electron chi connectivity index (χ2n) is 9.34. The molecule has 6 aromatic rings. The van der Waals surface area contributed by atoms with Crippen LogP contribution in [0.2, 0.25) is 0 Å². The number of aryl methyl sites for hydroxylation is 3. The smallest absolute Gasteiger partial charge is 0.265 e. The Bertz CT molecular complexity index is 1850. The summed E-state index contributed by atoms with van der Waals surface area (Å²) in [5, 5.41) is 0.486. The number of rotatable bonds is 7. The number of ether oxygens (including phenoxy) is 2. The summed E-state index contributed by atoms with van der Waals surface area (Å²) in [5.74, 6) is 1.36. The van der Waals surface area contributed by atoms with E-state index in [0.29, 0.717) is 53.2 Å². The highest BCUT2D eigenvalue weighted by molar-refractivity contribution is 6.04. The van der Waals surface area contributed by atoms with Crippen LogP contribution in [0, 0.1) is 6.92 Å². The Labute approximate surface area is 219 Å². The number of fused-ring (bicyclic) bond motifs is 4. The lowest BCUT2D eigenvalue weighted by Crippen LogP contribution is -2.21. The lowest BCUT2D eigenvalue weighted by Gasteiger charge is -2.11. The van der Waals surface area contributed by atoms with Gasteiger partial charge in [0.05, 0.1) is 31.8 Å². The molecule has 38 heavy (non-hydrogen) atoms. The van der Waals surface area contributed by atoms with Gasteiger partial charge in [-0.05, 0) is 48.7 Å². The lowest BCUT2D eigenvalue weighted by molar-refractivity contribution is 0.354. The van der Waals surface area contributed by atoms with Crippen molar-refractivity contribution in [2.24, 2.45) is 0 Å². The molecule has 3 heterocycles. The highest BCUT2D eigenvalue weighted by Gasteiger charge is 2.20. The quantitative estimate of drug-likeness (QED) is 0.307. The molecule has 0 bridgehead atoms. The third-order valence-electron chi connectivity index (χ3n) is 6.86. The van der Waals surface area contributed by atoms with Crippen molar-refractivity contribution < 1.29 is 9.47 Å². The van der Waals surface area contributed by atoms with Crippen LogP contribution in [0.4, 0.5) is 0 Å². The van der Waals surface area contributed by atoms with Crippen LogP contribution in [0.5, 0.6) is 11.5 Å². The summed E-state index contributed by atoms with van der Waals surface area (Å²) in [4.78, 5) is 28.4. The predicted octanol–water partition coefficient (Wildman–Crippen LogP) is 4.91. The monoisotopic (exact) mass is 505 g/mol. The van der Waals surface area contributed by atoms with Crippen LogP contribution < -0.4 is 15.0 Å². The van der Waals surface area contributed by atoms with E-state index in [2.05, 4.69) is 0 Å². The number of nitrogens with zero attached hydrogens (tertiary/aromatic N) is 5. The summed E-state index contributed by atoms with van der Waals surface area (Å²) < 4.78 is 14.5. The predicted molar refractivity (Wildman–Crippen MR) is 148 cm³/mol. The molecule has 3 aromatic carbocycles. The zero-order chi connectivity index (χ0) is 26.2. The van der Waals surface area contributed by atoms with E-state index < -0.39 is 0 Å². The minimum atomic E-state index is -0.130. The second-order valence-corrected chi connectivity index (χ2v) is 9.34. The molecule has 3 aromatic heterocycles. The molecule has 0 aliphatic heterocycles. The Morgan fingerprint density at radius 1 is 0.816 bits per heavy atom. The first-order chi connectivity index (χ1) is 18.6. The Hall–Kier alpha value is -4.72. The van der Waals surface area contributed by atoms with Crippen LogP contribution in [0.1, 0.15) is 16.7 Å². The van der Waals surface area contributed by atoms with Gasteiger partial charge in [-0.3, -0.25) is 9.36 Å². The molecule has 8 nitrogen and oxygen atoms in total. The number of methoxy groups -OCH3 is 2. The summed E-state index contributed by atoms with van der Waals surface area (Å²) in [6.07, 6.45) is 2.30. The minimum absolute atomic E-state index is 0.130. The van der Waals surface area contributed by atoms with Gasteiger partial charge in [0.2, 0.25) is 0 Å². The molecule has 0 atom stereocenters. The minimum Gasteiger partial charge on any atom is -0.493 e. The van der Waals surface area contributed by atoms with Crippen LogP contribution in [-0.2, 0) is 19.5 Å². The number of hydrogen-bond donors (Lipinski definition) is 0. The molecule has 0 spiro atoms. The summed E-state index contributed by atoms with van der Waals surface area (Å²) in [7, 11) is 3.25. The SMILES string of the molecule is COc1ccc(CCn2c3nc4ccccc4nc3c3c(=O)n(Cc4ccc(C)cc4)cnc32)cc1OC. The molecule has 0 radical (unpaired) electrons. The summed E-state index contributed by atoms with van der Waals surface area (Å²) >= 11 is 0. The fraction of sp³-hybridized carbons (Fsp3) is 0.200. The molecular weight excluding hydrogens is 478 g/mol. The molecule has 6 rings (SSSR count). The van der Waals surface area contributed by atoms with Crippen molar-refractivity contribution in [1.82, 2.24) is 24.1 Å². The van der Waals surface area contributed by atoms with Gasteiger partial charge in [-0.15, -0.1) is 0 Å². The standard InChI is InChI=1S/C30H27N5O3/c1-19-8-10-21(11-9-19)17-34-18-31-28-26(30(34)36)27-29(33-23-7-5-4-6-22(23)32-27)35(28)15-14-20-12-13-24(37-2)25(16-20)38-3/h4-13,16,18H,14-15,17H2,1-3H3. The average Bonchev–Trinajstić information content (AvgIpc) is 3.25. The van der Waals surface area contributed by atoms with E-state index in [1.165, 1.54) is 5.56 Å². The third kappa shape index (κ3) is 4.14. The van der Waals surface area contributed by atoms with Crippen LogP contribution in [-0.4, -0.2) is 38.3 Å². The first-order valence-electron chi connectivity index (χ1n) is 12.5. The number of aromatic nitrogens is 5. The molecule has 0 saturated heterocycles. The van der Waals surface area contributed by atoms with E-state index in [0.717, 1.165) is 22.2 Å². The summed E-state index contributed by atoms with van der Waals surface area (Å²) in [6, 6.07) is 21.7. The van der Waals surface area contributed by atoms with Crippen molar-refractivity contribution in [3.8, 4) is 11.5 Å². The average molecular weight is 506 g/mol. The van der Waals surface area contributed by atoms with Gasteiger partial charge in [-0.1, -0.05) is 48.0 Å².